The van der Waals surface area contributed by atoms with Gasteiger partial charge in [-0.2, -0.15) is 0 Å². The molecule has 2 aromatic carbocycles. The van der Waals surface area contributed by atoms with Crippen LogP contribution in [0.5, 0.6) is 11.5 Å². The summed E-state index contributed by atoms with van der Waals surface area (Å²) in [6.07, 6.45) is 65.0. The van der Waals surface area contributed by atoms with Crippen LogP contribution >= 0.6 is 0 Å². The maximum absolute atomic E-state index is 12.1. The highest BCUT2D eigenvalue weighted by Gasteiger charge is 2.56. The fourth-order valence-electron chi connectivity index (χ4n) is 14.8. The summed E-state index contributed by atoms with van der Waals surface area (Å²) in [6.45, 7) is 30.7. The molecule has 2 aromatic rings. The lowest BCUT2D eigenvalue weighted by Crippen LogP contribution is -2.52. The van der Waals surface area contributed by atoms with Crippen LogP contribution in [0.15, 0.2) is 24.3 Å². The third kappa shape index (κ3) is 27.8. The van der Waals surface area contributed by atoms with Gasteiger partial charge in [0.1, 0.15) is 11.5 Å². The number of aromatic hydroxyl groups is 2. The van der Waals surface area contributed by atoms with Crippen LogP contribution in [0.2, 0.25) is 0 Å². The molecule has 2 N–H and O–H groups in total. The second-order valence-electron chi connectivity index (χ2n) is 29.0. The van der Waals surface area contributed by atoms with Crippen LogP contribution < -0.4 is 0 Å². The molecule has 0 aliphatic rings. The topological polar surface area (TPSA) is 40.5 Å². The van der Waals surface area contributed by atoms with E-state index in [4.69, 9.17) is 0 Å². The SMILES string of the molecule is CCCCCCCCCCCCCC(C)C(CCCCCCCCCCCCC)(CCCCCCCCCCCCC)C(CCCCCCCCCCCCC)(c1cc(C(C)(C)C)c(O)cc1C)c1cc(C(C)(C)C)c(O)cc1C. The first kappa shape index (κ1) is 74.1. The van der Waals surface area contributed by atoms with Gasteiger partial charge in [0.15, 0.2) is 0 Å². The summed E-state index contributed by atoms with van der Waals surface area (Å²) in [6, 6.07) is 9.51. The number of benzene rings is 2. The Hall–Kier alpha value is -1.96. The van der Waals surface area contributed by atoms with E-state index in [9.17, 15) is 10.2 Å². The monoisotopic (exact) mass is 1110 g/mol. The van der Waals surface area contributed by atoms with E-state index in [2.05, 4.69) is 114 Å². The molecule has 0 spiro atoms. The minimum absolute atomic E-state index is 0.0176. The fraction of sp³-hybridized carbons (Fsp3) is 0.846. The van der Waals surface area contributed by atoms with Crippen LogP contribution in [0.25, 0.3) is 0 Å². The number of phenols is 2. The standard InChI is InChI=1S/C78H142O2/c1-14-18-22-26-30-34-38-42-46-50-54-58-68(7)77(59-55-51-47-43-39-35-31-27-23-19-15-2,60-56-52-48-44-40-36-32-28-24-20-16-3)78(61-57-53-49-45-41-37-33-29-25-21-17-4,69-64-71(75(8,9)10)73(79)62-66(69)5)70-65-72(76(11,12)13)74(80)63-67(70)6/h62-65,68,79-80H,14-61H2,1-13H3. The first-order valence-corrected chi connectivity index (χ1v) is 36.2. The second kappa shape index (κ2) is 43.6. The summed E-state index contributed by atoms with van der Waals surface area (Å²) in [7, 11) is 0. The zero-order valence-corrected chi connectivity index (χ0v) is 56.7. The van der Waals surface area contributed by atoms with E-state index in [1.165, 1.54) is 324 Å². The summed E-state index contributed by atoms with van der Waals surface area (Å²) in [5.41, 5.74) is 6.90. The van der Waals surface area contributed by atoms with Crippen LogP contribution in [0, 0.1) is 25.2 Å². The molecule has 0 bridgehead atoms. The van der Waals surface area contributed by atoms with E-state index in [1.54, 1.807) is 0 Å². The summed E-state index contributed by atoms with van der Waals surface area (Å²) in [5, 5.41) is 24.2. The van der Waals surface area contributed by atoms with Gasteiger partial charge in [0.2, 0.25) is 0 Å². The van der Waals surface area contributed by atoms with Crippen molar-refractivity contribution in [1.82, 2.24) is 0 Å². The van der Waals surface area contributed by atoms with Crippen LogP contribution in [-0.2, 0) is 16.2 Å². The molecular weight excluding hydrogens is 969 g/mol. The quantitative estimate of drug-likeness (QED) is 0.0648. The van der Waals surface area contributed by atoms with Gasteiger partial charge in [-0.3, -0.25) is 0 Å². The molecule has 2 rings (SSSR count). The first-order valence-electron chi connectivity index (χ1n) is 36.2. The van der Waals surface area contributed by atoms with Crippen LogP contribution in [0.1, 0.15) is 418 Å². The molecule has 0 heterocycles. The molecule has 0 saturated carbocycles. The molecule has 0 fully saturated rings. The smallest absolute Gasteiger partial charge is 0.119 e. The zero-order chi connectivity index (χ0) is 59.0. The Balaban J connectivity index is 2.94. The Labute approximate surface area is 502 Å². The van der Waals surface area contributed by atoms with E-state index in [-0.39, 0.29) is 21.7 Å². The molecule has 2 heteroatoms. The minimum Gasteiger partial charge on any atom is -0.508 e. The lowest BCUT2D eigenvalue weighted by Gasteiger charge is -2.57. The Morgan fingerprint density at radius 1 is 0.300 bits per heavy atom. The molecule has 0 aliphatic heterocycles. The van der Waals surface area contributed by atoms with Gasteiger partial charge >= 0.3 is 0 Å². The number of hydrogen-bond donors (Lipinski definition) is 2. The number of hydrogen-bond acceptors (Lipinski definition) is 2. The molecule has 0 amide bonds. The Morgan fingerprint density at radius 2 is 0.525 bits per heavy atom. The number of aryl methyl sites for hydroxylation is 2. The zero-order valence-electron chi connectivity index (χ0n) is 56.7. The van der Waals surface area contributed by atoms with Gasteiger partial charge in [-0.15, -0.1) is 0 Å². The van der Waals surface area contributed by atoms with E-state index in [0.717, 1.165) is 17.5 Å². The van der Waals surface area contributed by atoms with Crippen LogP contribution in [0.4, 0.5) is 0 Å². The molecule has 80 heavy (non-hydrogen) atoms. The molecule has 0 aromatic heterocycles. The predicted octanol–water partition coefficient (Wildman–Crippen LogP) is 27.0. The minimum atomic E-state index is -0.310. The lowest BCUT2D eigenvalue weighted by molar-refractivity contribution is 0.0271. The average Bonchev–Trinajstić information content (AvgIpc) is 2.80. The van der Waals surface area contributed by atoms with Crippen molar-refractivity contribution >= 4 is 0 Å². The highest BCUT2D eigenvalue weighted by Crippen LogP contribution is 2.63. The van der Waals surface area contributed by atoms with Crippen molar-refractivity contribution in [2.45, 2.75) is 414 Å². The summed E-state index contributed by atoms with van der Waals surface area (Å²) in [5.74, 6) is 1.42. The largest absolute Gasteiger partial charge is 0.508 e. The van der Waals surface area contributed by atoms with Crippen molar-refractivity contribution in [3.8, 4) is 11.5 Å². The van der Waals surface area contributed by atoms with Gasteiger partial charge in [0.05, 0.1) is 0 Å². The Kier molecular flexibility index (Phi) is 40.4. The predicted molar refractivity (Wildman–Crippen MR) is 360 cm³/mol. The molecule has 0 radical (unpaired) electrons. The Bertz CT molecular complexity index is 1690. The van der Waals surface area contributed by atoms with Crippen molar-refractivity contribution in [1.29, 1.82) is 0 Å². The van der Waals surface area contributed by atoms with Crippen LogP contribution in [0.3, 0.4) is 0 Å². The first-order chi connectivity index (χ1) is 38.5. The van der Waals surface area contributed by atoms with Gasteiger partial charge in [0, 0.05) is 5.41 Å². The van der Waals surface area contributed by atoms with Crippen molar-refractivity contribution in [2.75, 3.05) is 0 Å². The van der Waals surface area contributed by atoms with Crippen molar-refractivity contribution in [3.05, 3.63) is 57.6 Å². The summed E-state index contributed by atoms with van der Waals surface area (Å²) >= 11 is 0. The van der Waals surface area contributed by atoms with Gasteiger partial charge in [-0.05, 0) is 101 Å². The molecule has 1 unspecified atom stereocenters. The highest BCUT2D eigenvalue weighted by molar-refractivity contribution is 5.57. The van der Waals surface area contributed by atoms with Crippen molar-refractivity contribution in [3.63, 3.8) is 0 Å². The third-order valence-electron chi connectivity index (χ3n) is 19.9. The fourth-order valence-corrected chi connectivity index (χ4v) is 14.8. The van der Waals surface area contributed by atoms with E-state index < -0.39 is 0 Å². The molecule has 2 nitrogen and oxygen atoms in total. The van der Waals surface area contributed by atoms with Crippen molar-refractivity contribution < 1.29 is 10.2 Å². The highest BCUT2D eigenvalue weighted by atomic mass is 16.3. The number of phenolic OH excluding ortho intramolecular Hbond substituents is 2. The van der Waals surface area contributed by atoms with Crippen LogP contribution in [-0.4, -0.2) is 10.2 Å². The lowest BCUT2D eigenvalue weighted by atomic mass is 9.46. The van der Waals surface area contributed by atoms with E-state index >= 15 is 0 Å². The second-order valence-corrected chi connectivity index (χ2v) is 29.0. The van der Waals surface area contributed by atoms with Gasteiger partial charge < -0.3 is 10.2 Å². The normalized spacial score (nSPS) is 13.0. The molecule has 0 saturated heterocycles. The average molecular weight is 1110 g/mol. The molecule has 466 valence electrons. The number of unbranched alkanes of at least 4 members (excludes halogenated alkanes) is 40. The molecule has 1 atom stereocenters. The maximum atomic E-state index is 12.1. The Morgan fingerprint density at radius 3 is 0.775 bits per heavy atom. The number of rotatable bonds is 52. The third-order valence-corrected chi connectivity index (χ3v) is 19.9. The summed E-state index contributed by atoms with van der Waals surface area (Å²) < 4.78 is 0. The van der Waals surface area contributed by atoms with Gasteiger partial charge in [-0.25, -0.2) is 0 Å². The molecular formula is C78H142O2. The van der Waals surface area contributed by atoms with Gasteiger partial charge in [0.25, 0.3) is 0 Å². The van der Waals surface area contributed by atoms with E-state index in [1.807, 2.05) is 0 Å². The maximum Gasteiger partial charge on any atom is 0.119 e. The van der Waals surface area contributed by atoms with Crippen molar-refractivity contribution in [2.24, 2.45) is 11.3 Å². The molecule has 0 aliphatic carbocycles. The van der Waals surface area contributed by atoms with E-state index in [0.29, 0.717) is 17.4 Å². The summed E-state index contributed by atoms with van der Waals surface area (Å²) in [4.78, 5) is 0. The van der Waals surface area contributed by atoms with Gasteiger partial charge in [-0.1, -0.05) is 377 Å².